The van der Waals surface area contributed by atoms with Crippen LogP contribution in [0.3, 0.4) is 0 Å². The van der Waals surface area contributed by atoms with Crippen molar-refractivity contribution >= 4 is 5.82 Å². The molecule has 0 spiro atoms. The molecule has 3 rings (SSSR count). The van der Waals surface area contributed by atoms with Crippen LogP contribution >= 0.6 is 0 Å². The summed E-state index contributed by atoms with van der Waals surface area (Å²) >= 11 is 0. The van der Waals surface area contributed by atoms with Crippen molar-refractivity contribution in [1.82, 2.24) is 14.8 Å². The SMILES string of the molecule is c1ccc(N2CCN(CCN3CCOCC3)CC2)nc1. The molecule has 3 heterocycles. The predicted octanol–water partition coefficient (Wildman–Crippen LogP) is 0.536. The molecule has 1 aromatic rings. The first kappa shape index (κ1) is 13.8. The first-order chi connectivity index (χ1) is 9.92. The molecule has 0 atom stereocenters. The second-order valence-corrected chi connectivity index (χ2v) is 5.47. The van der Waals surface area contributed by atoms with Crippen LogP contribution in [-0.4, -0.2) is 80.4 Å². The Morgan fingerprint density at radius 2 is 1.60 bits per heavy atom. The highest BCUT2D eigenvalue weighted by molar-refractivity contribution is 5.38. The fourth-order valence-corrected chi connectivity index (χ4v) is 2.85. The first-order valence-corrected chi connectivity index (χ1v) is 7.60. The molecular weight excluding hydrogens is 252 g/mol. The van der Waals surface area contributed by atoms with Crippen LogP contribution in [0.5, 0.6) is 0 Å². The Morgan fingerprint density at radius 1 is 0.900 bits per heavy atom. The number of aromatic nitrogens is 1. The number of hydrogen-bond acceptors (Lipinski definition) is 5. The van der Waals surface area contributed by atoms with Gasteiger partial charge >= 0.3 is 0 Å². The number of rotatable bonds is 4. The van der Waals surface area contributed by atoms with E-state index in [4.69, 9.17) is 4.74 Å². The zero-order chi connectivity index (χ0) is 13.6. The summed E-state index contributed by atoms with van der Waals surface area (Å²) in [4.78, 5) is 11.9. The third-order valence-electron chi connectivity index (χ3n) is 4.18. The second kappa shape index (κ2) is 7.02. The molecule has 0 aliphatic carbocycles. The molecule has 0 N–H and O–H groups in total. The molecular formula is C15H24N4O. The second-order valence-electron chi connectivity index (χ2n) is 5.47. The van der Waals surface area contributed by atoms with Crippen LogP contribution in [0, 0.1) is 0 Å². The molecule has 0 aromatic carbocycles. The minimum absolute atomic E-state index is 0.896. The summed E-state index contributed by atoms with van der Waals surface area (Å²) in [6.45, 7) is 10.8. The Balaban J connectivity index is 1.40. The lowest BCUT2D eigenvalue weighted by Crippen LogP contribution is -2.49. The van der Waals surface area contributed by atoms with Gasteiger partial charge in [-0.25, -0.2) is 4.98 Å². The minimum Gasteiger partial charge on any atom is -0.379 e. The normalized spacial score (nSPS) is 22.1. The van der Waals surface area contributed by atoms with E-state index in [2.05, 4.69) is 31.8 Å². The molecule has 2 aliphatic heterocycles. The van der Waals surface area contributed by atoms with Gasteiger partial charge in [0.2, 0.25) is 0 Å². The molecule has 1 aromatic heterocycles. The van der Waals surface area contributed by atoms with E-state index in [-0.39, 0.29) is 0 Å². The molecule has 2 aliphatic rings. The molecule has 0 unspecified atom stereocenters. The fraction of sp³-hybridized carbons (Fsp3) is 0.667. The average molecular weight is 276 g/mol. The van der Waals surface area contributed by atoms with Crippen LogP contribution < -0.4 is 4.90 Å². The summed E-state index contributed by atoms with van der Waals surface area (Å²) in [6, 6.07) is 6.14. The van der Waals surface area contributed by atoms with Gasteiger partial charge in [-0.2, -0.15) is 0 Å². The van der Waals surface area contributed by atoms with E-state index in [1.165, 1.54) is 13.1 Å². The zero-order valence-corrected chi connectivity index (χ0v) is 12.1. The van der Waals surface area contributed by atoms with Crippen molar-refractivity contribution in [1.29, 1.82) is 0 Å². The van der Waals surface area contributed by atoms with Gasteiger partial charge in [-0.05, 0) is 12.1 Å². The molecule has 0 bridgehead atoms. The van der Waals surface area contributed by atoms with Crippen molar-refractivity contribution in [3.05, 3.63) is 24.4 Å². The van der Waals surface area contributed by atoms with Gasteiger partial charge in [-0.3, -0.25) is 9.80 Å². The summed E-state index contributed by atoms with van der Waals surface area (Å²) in [7, 11) is 0. The highest BCUT2D eigenvalue weighted by Gasteiger charge is 2.18. The topological polar surface area (TPSA) is 31.8 Å². The van der Waals surface area contributed by atoms with Crippen molar-refractivity contribution in [2.45, 2.75) is 0 Å². The van der Waals surface area contributed by atoms with E-state index in [0.29, 0.717) is 0 Å². The predicted molar refractivity (Wildman–Crippen MR) is 80.1 cm³/mol. The van der Waals surface area contributed by atoms with Crippen molar-refractivity contribution in [2.24, 2.45) is 0 Å². The van der Waals surface area contributed by atoms with E-state index in [1.54, 1.807) is 0 Å². The lowest BCUT2D eigenvalue weighted by atomic mass is 10.3. The lowest BCUT2D eigenvalue weighted by molar-refractivity contribution is 0.0331. The van der Waals surface area contributed by atoms with Crippen LogP contribution in [-0.2, 0) is 4.74 Å². The van der Waals surface area contributed by atoms with Gasteiger partial charge in [-0.1, -0.05) is 6.07 Å². The Kier molecular flexibility index (Phi) is 4.84. The number of pyridine rings is 1. The van der Waals surface area contributed by atoms with Crippen molar-refractivity contribution in [2.75, 3.05) is 70.5 Å². The van der Waals surface area contributed by atoms with Gasteiger partial charge in [0.05, 0.1) is 13.2 Å². The van der Waals surface area contributed by atoms with E-state index in [1.807, 2.05) is 12.3 Å². The van der Waals surface area contributed by atoms with Crippen LogP contribution in [0.1, 0.15) is 0 Å². The van der Waals surface area contributed by atoms with Gasteiger partial charge in [0.1, 0.15) is 5.82 Å². The van der Waals surface area contributed by atoms with E-state index < -0.39 is 0 Å². The molecule has 20 heavy (non-hydrogen) atoms. The molecule has 110 valence electrons. The molecule has 0 amide bonds. The molecule has 2 fully saturated rings. The lowest BCUT2D eigenvalue weighted by Gasteiger charge is -2.36. The van der Waals surface area contributed by atoms with Crippen LogP contribution in [0.15, 0.2) is 24.4 Å². The Hall–Kier alpha value is -1.17. The quantitative estimate of drug-likeness (QED) is 0.801. The number of morpholine rings is 1. The van der Waals surface area contributed by atoms with Crippen molar-refractivity contribution in [3.63, 3.8) is 0 Å². The fourth-order valence-electron chi connectivity index (χ4n) is 2.85. The van der Waals surface area contributed by atoms with Crippen LogP contribution in [0.2, 0.25) is 0 Å². The standard InChI is InChI=1S/C15H24N4O/c1-2-4-16-15(3-1)19-9-7-17(8-10-19)5-6-18-11-13-20-14-12-18/h1-4H,5-14H2. The third kappa shape index (κ3) is 3.69. The molecule has 0 radical (unpaired) electrons. The van der Waals surface area contributed by atoms with Crippen molar-refractivity contribution in [3.8, 4) is 0 Å². The Morgan fingerprint density at radius 3 is 2.25 bits per heavy atom. The molecule has 2 saturated heterocycles. The largest absolute Gasteiger partial charge is 0.379 e. The Labute approximate surface area is 121 Å². The number of hydrogen-bond donors (Lipinski definition) is 0. The first-order valence-electron chi connectivity index (χ1n) is 7.60. The van der Waals surface area contributed by atoms with Gasteiger partial charge in [0.25, 0.3) is 0 Å². The maximum Gasteiger partial charge on any atom is 0.128 e. The average Bonchev–Trinajstić information content (AvgIpc) is 2.55. The number of piperazine rings is 1. The number of nitrogens with zero attached hydrogens (tertiary/aromatic N) is 4. The van der Waals surface area contributed by atoms with Gasteiger partial charge in [0.15, 0.2) is 0 Å². The highest BCUT2D eigenvalue weighted by atomic mass is 16.5. The van der Waals surface area contributed by atoms with E-state index >= 15 is 0 Å². The third-order valence-corrected chi connectivity index (χ3v) is 4.18. The maximum absolute atomic E-state index is 5.39. The minimum atomic E-state index is 0.896. The number of anilines is 1. The maximum atomic E-state index is 5.39. The van der Waals surface area contributed by atoms with E-state index in [9.17, 15) is 0 Å². The number of ether oxygens (including phenoxy) is 1. The van der Waals surface area contributed by atoms with Crippen LogP contribution in [0.4, 0.5) is 5.82 Å². The highest BCUT2D eigenvalue weighted by Crippen LogP contribution is 2.12. The summed E-state index contributed by atoms with van der Waals surface area (Å²) in [5, 5.41) is 0. The van der Waals surface area contributed by atoms with Gasteiger partial charge < -0.3 is 9.64 Å². The summed E-state index contributed by atoms with van der Waals surface area (Å²) in [5.74, 6) is 1.11. The van der Waals surface area contributed by atoms with Crippen molar-refractivity contribution < 1.29 is 4.74 Å². The summed E-state index contributed by atoms with van der Waals surface area (Å²) in [6.07, 6.45) is 1.88. The van der Waals surface area contributed by atoms with Gasteiger partial charge in [-0.15, -0.1) is 0 Å². The molecule has 5 nitrogen and oxygen atoms in total. The summed E-state index contributed by atoms with van der Waals surface area (Å²) in [5.41, 5.74) is 0. The van der Waals surface area contributed by atoms with E-state index in [0.717, 1.165) is 58.3 Å². The molecule has 5 heteroatoms. The Bertz CT molecular complexity index is 386. The zero-order valence-electron chi connectivity index (χ0n) is 12.1. The summed E-state index contributed by atoms with van der Waals surface area (Å²) < 4.78 is 5.39. The smallest absolute Gasteiger partial charge is 0.128 e. The molecule has 0 saturated carbocycles. The van der Waals surface area contributed by atoms with Gasteiger partial charge in [0, 0.05) is 58.6 Å². The van der Waals surface area contributed by atoms with Crippen LogP contribution in [0.25, 0.3) is 0 Å². The monoisotopic (exact) mass is 276 g/mol.